The van der Waals surface area contributed by atoms with Crippen molar-refractivity contribution in [2.24, 2.45) is 0 Å². The van der Waals surface area contributed by atoms with E-state index < -0.39 is 5.41 Å². The van der Waals surface area contributed by atoms with E-state index in [-0.39, 0.29) is 0 Å². The highest BCUT2D eigenvalue weighted by Gasteiger charge is 2.50. The number of benzene rings is 9. The Morgan fingerprint density at radius 1 is 0.389 bits per heavy atom. The lowest BCUT2D eigenvalue weighted by Gasteiger charge is -2.38. The maximum absolute atomic E-state index is 7.05. The van der Waals surface area contributed by atoms with Crippen molar-refractivity contribution in [1.29, 1.82) is 0 Å². The fourth-order valence-corrected chi connectivity index (χ4v) is 11.1. The Bertz CT molecular complexity index is 3850. The molecule has 3 aromatic heterocycles. The summed E-state index contributed by atoms with van der Waals surface area (Å²) < 4.78 is 7.05. The molecule has 0 radical (unpaired) electrons. The Morgan fingerprint density at radius 2 is 0.847 bits per heavy atom. The van der Waals surface area contributed by atoms with Gasteiger partial charge in [-0.3, -0.25) is 9.97 Å². The number of nitrogens with zero attached hydrogens (tertiary/aromatic N) is 4. The maximum Gasteiger partial charge on any atom is 0.138 e. The van der Waals surface area contributed by atoms with Gasteiger partial charge in [-0.2, -0.15) is 0 Å². The molecule has 0 saturated carbocycles. The van der Waals surface area contributed by atoms with Crippen LogP contribution in [0.15, 0.2) is 259 Å². The summed E-state index contributed by atoms with van der Waals surface area (Å²) in [7, 11) is 0. The first kappa shape index (κ1) is 42.8. The van der Waals surface area contributed by atoms with Crippen LogP contribution in [0.25, 0.3) is 55.3 Å². The molecular weight excluding hydrogens is 877 g/mol. The van der Waals surface area contributed by atoms with Crippen LogP contribution in [-0.4, -0.2) is 9.97 Å². The lowest BCUT2D eigenvalue weighted by atomic mass is 9.67. The van der Waals surface area contributed by atoms with E-state index in [1.807, 2.05) is 26.2 Å². The summed E-state index contributed by atoms with van der Waals surface area (Å²) in [5, 5.41) is 2.14. The number of aryl methyl sites for hydroxylation is 2. The summed E-state index contributed by atoms with van der Waals surface area (Å²) in [5.74, 6) is 0. The summed E-state index contributed by atoms with van der Waals surface area (Å²) in [6, 6.07) is 87.4. The van der Waals surface area contributed by atoms with Crippen molar-refractivity contribution in [1.82, 2.24) is 9.97 Å². The van der Waals surface area contributed by atoms with Crippen LogP contribution < -0.4 is 9.80 Å². The zero-order valence-corrected chi connectivity index (χ0v) is 39.9. The van der Waals surface area contributed by atoms with E-state index in [0.717, 1.165) is 106 Å². The Kier molecular flexibility index (Phi) is 10.4. The normalized spacial score (nSPS) is 12.4. The molecule has 0 fully saturated rings. The number of furan rings is 1. The Labute approximate surface area is 419 Å². The molecule has 0 atom stereocenters. The molecule has 0 amide bonds. The van der Waals surface area contributed by atoms with Crippen molar-refractivity contribution >= 4 is 56.1 Å². The summed E-state index contributed by atoms with van der Waals surface area (Å²) in [6.45, 7) is 4.08. The van der Waals surface area contributed by atoms with Crippen molar-refractivity contribution in [3.63, 3.8) is 0 Å². The molecule has 72 heavy (non-hydrogen) atoms. The second-order valence-electron chi connectivity index (χ2n) is 18.6. The molecule has 1 aliphatic carbocycles. The first-order valence-corrected chi connectivity index (χ1v) is 24.5. The Morgan fingerprint density at radius 3 is 1.39 bits per heavy atom. The molecule has 5 heteroatoms. The van der Waals surface area contributed by atoms with Crippen LogP contribution >= 0.6 is 0 Å². The predicted molar refractivity (Wildman–Crippen MR) is 296 cm³/mol. The van der Waals surface area contributed by atoms with E-state index in [1.165, 1.54) is 16.7 Å². The Hall–Kier alpha value is -9.32. The molecule has 9 aromatic carbocycles. The minimum Gasteiger partial charge on any atom is -0.456 e. The lowest BCUT2D eigenvalue weighted by molar-refractivity contribution is 0.668. The van der Waals surface area contributed by atoms with Crippen LogP contribution in [0, 0.1) is 13.8 Å². The summed E-state index contributed by atoms with van der Waals surface area (Å²) in [6.07, 6.45) is 3.98. The van der Waals surface area contributed by atoms with E-state index >= 15 is 0 Å². The van der Waals surface area contributed by atoms with Crippen LogP contribution in [0.2, 0.25) is 0 Å². The predicted octanol–water partition coefficient (Wildman–Crippen LogP) is 17.6. The molecule has 342 valence electrons. The highest BCUT2D eigenvalue weighted by Crippen LogP contribution is 2.63. The van der Waals surface area contributed by atoms with Gasteiger partial charge in [0, 0.05) is 56.4 Å². The van der Waals surface area contributed by atoms with Crippen molar-refractivity contribution in [3.05, 3.63) is 289 Å². The van der Waals surface area contributed by atoms with Gasteiger partial charge in [0.05, 0.1) is 34.9 Å². The average Bonchev–Trinajstić information content (AvgIpc) is 3.97. The number of fused-ring (bicyclic) bond motifs is 7. The molecule has 3 heterocycles. The average molecular weight is 925 g/mol. The molecule has 0 spiro atoms. The molecule has 13 rings (SSSR count). The number of pyridine rings is 2. The first-order valence-electron chi connectivity index (χ1n) is 24.5. The van der Waals surface area contributed by atoms with Crippen LogP contribution in [0.1, 0.15) is 33.6 Å². The van der Waals surface area contributed by atoms with Gasteiger partial charge in [0.25, 0.3) is 0 Å². The highest BCUT2D eigenvalue weighted by atomic mass is 16.3. The van der Waals surface area contributed by atoms with Gasteiger partial charge in [0.1, 0.15) is 11.2 Å². The van der Waals surface area contributed by atoms with Gasteiger partial charge in [-0.1, -0.05) is 170 Å². The van der Waals surface area contributed by atoms with E-state index in [9.17, 15) is 0 Å². The molecule has 0 bridgehead atoms. The van der Waals surface area contributed by atoms with Crippen LogP contribution in [0.4, 0.5) is 34.1 Å². The lowest BCUT2D eigenvalue weighted by Crippen LogP contribution is -2.30. The van der Waals surface area contributed by atoms with Gasteiger partial charge in [-0.15, -0.1) is 0 Å². The van der Waals surface area contributed by atoms with Gasteiger partial charge in [-0.05, 0) is 125 Å². The fraction of sp³-hybridized carbons (Fsp3) is 0.0448. The van der Waals surface area contributed by atoms with E-state index in [1.54, 1.807) is 0 Å². The van der Waals surface area contributed by atoms with E-state index in [4.69, 9.17) is 14.4 Å². The zero-order chi connectivity index (χ0) is 48.2. The monoisotopic (exact) mass is 924 g/mol. The molecule has 1 aliphatic rings. The van der Waals surface area contributed by atoms with Gasteiger partial charge in [0.15, 0.2) is 0 Å². The molecule has 0 unspecified atom stereocenters. The molecule has 0 N–H and O–H groups in total. The SMILES string of the molecule is Cc1ccc(N(c2ccc(-c3ccccc3)cc2)c2ccc3c(c2)-c2c(c(N(c4ccc(-c5ccccc5)cc4)c4ccc(C)nc4)cc4oc5ccccc5c24)C3(c2ccccc2)c2ccccc2)cn1. The van der Waals surface area contributed by atoms with Gasteiger partial charge < -0.3 is 14.2 Å². The largest absolute Gasteiger partial charge is 0.456 e. The summed E-state index contributed by atoms with van der Waals surface area (Å²) in [4.78, 5) is 14.5. The van der Waals surface area contributed by atoms with Crippen LogP contribution in [0.5, 0.6) is 0 Å². The van der Waals surface area contributed by atoms with Gasteiger partial charge >= 0.3 is 0 Å². The molecule has 0 saturated heterocycles. The number of hydrogen-bond acceptors (Lipinski definition) is 5. The number of anilines is 6. The third kappa shape index (κ3) is 7.08. The number of para-hydroxylation sites is 1. The molecule has 0 aliphatic heterocycles. The van der Waals surface area contributed by atoms with Crippen molar-refractivity contribution < 1.29 is 4.42 Å². The van der Waals surface area contributed by atoms with Crippen molar-refractivity contribution in [2.45, 2.75) is 19.3 Å². The third-order valence-corrected chi connectivity index (χ3v) is 14.4. The standard InChI is InChI=1S/C67H48N4O/c1-45-27-33-56(43-68-45)70(53-35-29-49(30-36-53)47-17-7-3-8-18-47)55-39-40-60-59(41-55)65-64-58-25-15-16-26-62(58)72-63(64)42-61(66(65)67(60,51-21-11-5-12-22-51)52-23-13-6-14-24-52)71(57-34-28-46(2)69-44-57)54-37-31-50(32-38-54)48-19-9-4-10-20-48/h3-44H,1-2H3. The van der Waals surface area contributed by atoms with Crippen molar-refractivity contribution in [2.75, 3.05) is 9.80 Å². The third-order valence-electron chi connectivity index (χ3n) is 14.4. The summed E-state index contributed by atoms with van der Waals surface area (Å²) in [5.41, 5.74) is 20.2. The van der Waals surface area contributed by atoms with E-state index in [2.05, 4.69) is 252 Å². The molecule has 12 aromatic rings. The summed E-state index contributed by atoms with van der Waals surface area (Å²) >= 11 is 0. The topological polar surface area (TPSA) is 45.4 Å². The zero-order valence-electron chi connectivity index (χ0n) is 39.9. The fourth-order valence-electron chi connectivity index (χ4n) is 11.1. The van der Waals surface area contributed by atoms with Crippen LogP contribution in [0.3, 0.4) is 0 Å². The smallest absolute Gasteiger partial charge is 0.138 e. The molecular formula is C67H48N4O. The number of hydrogen-bond donors (Lipinski definition) is 0. The maximum atomic E-state index is 7.05. The first-order chi connectivity index (χ1) is 35.5. The van der Waals surface area contributed by atoms with Gasteiger partial charge in [0.2, 0.25) is 0 Å². The van der Waals surface area contributed by atoms with Crippen molar-refractivity contribution in [3.8, 4) is 33.4 Å². The highest BCUT2D eigenvalue weighted by molar-refractivity contribution is 6.18. The van der Waals surface area contributed by atoms with Gasteiger partial charge in [-0.25, -0.2) is 0 Å². The second-order valence-corrected chi connectivity index (χ2v) is 18.6. The minimum absolute atomic E-state index is 0.804. The Balaban J connectivity index is 1.14. The number of aromatic nitrogens is 2. The quantitative estimate of drug-likeness (QED) is 0.137. The number of rotatable bonds is 10. The van der Waals surface area contributed by atoms with Crippen LogP contribution in [-0.2, 0) is 5.41 Å². The van der Waals surface area contributed by atoms with E-state index in [0.29, 0.717) is 0 Å². The second kappa shape index (κ2) is 17.6. The molecule has 5 nitrogen and oxygen atoms in total. The minimum atomic E-state index is -0.804.